The highest BCUT2D eigenvalue weighted by Gasteiger charge is 2.24. The molecule has 1 fully saturated rings. The number of rotatable bonds is 7. The molecule has 2 heterocycles. The highest BCUT2D eigenvalue weighted by atomic mass is 16.1. The second-order valence-electron chi connectivity index (χ2n) is 9.10. The first-order valence-electron chi connectivity index (χ1n) is 11.8. The lowest BCUT2D eigenvalue weighted by Gasteiger charge is -2.33. The molecule has 0 radical (unpaired) electrons. The van der Waals surface area contributed by atoms with Crippen LogP contribution in [0.4, 0.5) is 0 Å². The third-order valence-electron chi connectivity index (χ3n) is 6.76. The number of aromatic nitrogens is 5. The van der Waals surface area contributed by atoms with Crippen molar-refractivity contribution < 1.29 is 0 Å². The van der Waals surface area contributed by atoms with Gasteiger partial charge in [-0.05, 0) is 52.8 Å². The summed E-state index contributed by atoms with van der Waals surface area (Å²) in [5.74, 6) is 0.831. The van der Waals surface area contributed by atoms with Crippen LogP contribution < -0.4 is 5.56 Å². The van der Waals surface area contributed by atoms with Crippen LogP contribution in [0.15, 0.2) is 59.4 Å². The molecule has 7 heteroatoms. The van der Waals surface area contributed by atoms with Crippen LogP contribution in [0.2, 0.25) is 0 Å². The van der Waals surface area contributed by atoms with Gasteiger partial charge in [-0.1, -0.05) is 67.8 Å². The Hall–Kier alpha value is -3.32. The van der Waals surface area contributed by atoms with Crippen LogP contribution in [0, 0.1) is 6.92 Å². The maximum Gasteiger partial charge on any atom is 0.252 e. The van der Waals surface area contributed by atoms with Crippen molar-refractivity contribution in [3.05, 3.63) is 87.5 Å². The van der Waals surface area contributed by atoms with Crippen LogP contribution in [0.5, 0.6) is 0 Å². The van der Waals surface area contributed by atoms with Gasteiger partial charge in [0.1, 0.15) is 0 Å². The SMILES string of the molecule is Cc1cccc2cc(CN(Cc3nnnn3Cc3ccccc3)C3CCCCC3)c(=O)[nH]c12. The van der Waals surface area contributed by atoms with Gasteiger partial charge in [-0.2, -0.15) is 0 Å². The summed E-state index contributed by atoms with van der Waals surface area (Å²) < 4.78 is 1.87. The average Bonchev–Trinajstić information content (AvgIpc) is 3.27. The summed E-state index contributed by atoms with van der Waals surface area (Å²) in [4.78, 5) is 18.5. The minimum absolute atomic E-state index is 0.0125. The van der Waals surface area contributed by atoms with E-state index in [9.17, 15) is 4.79 Å². The zero-order chi connectivity index (χ0) is 22.6. The number of aryl methyl sites for hydroxylation is 1. The number of hydrogen-bond acceptors (Lipinski definition) is 5. The van der Waals surface area contributed by atoms with E-state index in [2.05, 4.69) is 43.6 Å². The van der Waals surface area contributed by atoms with Crippen LogP contribution in [-0.2, 0) is 19.6 Å². The number of fused-ring (bicyclic) bond motifs is 1. The van der Waals surface area contributed by atoms with Crippen molar-refractivity contribution in [3.8, 4) is 0 Å². The monoisotopic (exact) mass is 442 g/mol. The van der Waals surface area contributed by atoms with Crippen LogP contribution >= 0.6 is 0 Å². The second kappa shape index (κ2) is 9.67. The summed E-state index contributed by atoms with van der Waals surface area (Å²) in [6, 6.07) is 18.8. The molecule has 33 heavy (non-hydrogen) atoms. The molecule has 0 saturated heterocycles. The molecule has 1 saturated carbocycles. The number of nitrogens with one attached hydrogen (secondary N) is 1. The fourth-order valence-corrected chi connectivity index (χ4v) is 4.92. The van der Waals surface area contributed by atoms with Crippen molar-refractivity contribution in [2.24, 2.45) is 0 Å². The largest absolute Gasteiger partial charge is 0.321 e. The van der Waals surface area contributed by atoms with E-state index in [1.54, 1.807) is 0 Å². The zero-order valence-electron chi connectivity index (χ0n) is 19.1. The molecule has 0 spiro atoms. The first-order valence-corrected chi connectivity index (χ1v) is 11.8. The summed E-state index contributed by atoms with van der Waals surface area (Å²) in [6.45, 7) is 3.87. The van der Waals surface area contributed by atoms with Crippen molar-refractivity contribution in [1.82, 2.24) is 30.1 Å². The molecule has 7 nitrogen and oxygen atoms in total. The van der Waals surface area contributed by atoms with E-state index in [0.717, 1.165) is 46.3 Å². The molecule has 2 aromatic heterocycles. The third-order valence-corrected chi connectivity index (χ3v) is 6.76. The number of benzene rings is 2. The maximum absolute atomic E-state index is 13.0. The lowest BCUT2D eigenvalue weighted by Crippen LogP contribution is -2.38. The molecule has 1 aliphatic rings. The van der Waals surface area contributed by atoms with Crippen molar-refractivity contribution in [1.29, 1.82) is 0 Å². The van der Waals surface area contributed by atoms with Gasteiger partial charge in [0.05, 0.1) is 18.6 Å². The van der Waals surface area contributed by atoms with Crippen LogP contribution in [0.3, 0.4) is 0 Å². The van der Waals surface area contributed by atoms with Gasteiger partial charge in [0.2, 0.25) is 0 Å². The number of tetrazole rings is 1. The summed E-state index contributed by atoms with van der Waals surface area (Å²) in [7, 11) is 0. The van der Waals surface area contributed by atoms with Gasteiger partial charge < -0.3 is 4.98 Å². The van der Waals surface area contributed by atoms with Gasteiger partial charge >= 0.3 is 0 Å². The Bertz CT molecular complexity index is 1270. The molecule has 5 rings (SSSR count). The lowest BCUT2D eigenvalue weighted by atomic mass is 9.93. The Kier molecular flexibility index (Phi) is 6.30. The minimum atomic E-state index is -0.0125. The molecule has 1 aliphatic carbocycles. The van der Waals surface area contributed by atoms with E-state index in [1.165, 1.54) is 19.3 Å². The van der Waals surface area contributed by atoms with E-state index < -0.39 is 0 Å². The highest BCUT2D eigenvalue weighted by Crippen LogP contribution is 2.25. The fraction of sp³-hybridized carbons (Fsp3) is 0.385. The maximum atomic E-state index is 13.0. The van der Waals surface area contributed by atoms with E-state index in [1.807, 2.05) is 48.0 Å². The van der Waals surface area contributed by atoms with Gasteiger partial charge in [0, 0.05) is 18.2 Å². The van der Waals surface area contributed by atoms with Crippen molar-refractivity contribution in [2.45, 2.75) is 64.7 Å². The normalized spacial score (nSPS) is 14.8. The molecule has 0 bridgehead atoms. The quantitative estimate of drug-likeness (QED) is 0.464. The Labute approximate surface area is 193 Å². The summed E-state index contributed by atoms with van der Waals surface area (Å²) in [6.07, 6.45) is 6.02. The summed E-state index contributed by atoms with van der Waals surface area (Å²) in [5.41, 5.74) is 3.95. The van der Waals surface area contributed by atoms with Crippen molar-refractivity contribution in [3.63, 3.8) is 0 Å². The third kappa shape index (κ3) is 4.88. The number of para-hydroxylation sites is 1. The standard InChI is InChI=1S/C26H30N6O/c1-19-9-8-12-21-15-22(26(33)27-25(19)21)17-31(23-13-6-3-7-14-23)18-24-28-29-30-32(24)16-20-10-4-2-5-11-20/h2,4-5,8-12,15,23H,3,6-7,13-14,16-18H2,1H3,(H,27,33). The van der Waals surface area contributed by atoms with E-state index in [4.69, 9.17) is 0 Å². The van der Waals surface area contributed by atoms with Gasteiger partial charge in [0.15, 0.2) is 5.82 Å². The molecule has 1 N–H and O–H groups in total. The van der Waals surface area contributed by atoms with Crippen molar-refractivity contribution in [2.75, 3.05) is 0 Å². The zero-order valence-corrected chi connectivity index (χ0v) is 19.1. The lowest BCUT2D eigenvalue weighted by molar-refractivity contribution is 0.134. The van der Waals surface area contributed by atoms with Gasteiger partial charge in [-0.15, -0.1) is 5.10 Å². The molecular formula is C26H30N6O. The molecule has 4 aromatic rings. The fourth-order valence-electron chi connectivity index (χ4n) is 4.92. The average molecular weight is 443 g/mol. The van der Waals surface area contributed by atoms with Crippen molar-refractivity contribution >= 4 is 10.9 Å². The molecular weight excluding hydrogens is 412 g/mol. The molecule has 0 aliphatic heterocycles. The number of pyridine rings is 1. The van der Waals surface area contributed by atoms with E-state index in [-0.39, 0.29) is 5.56 Å². The van der Waals surface area contributed by atoms with Gasteiger partial charge in [0.25, 0.3) is 5.56 Å². The topological polar surface area (TPSA) is 79.7 Å². The molecule has 170 valence electrons. The van der Waals surface area contributed by atoms with E-state index >= 15 is 0 Å². The predicted octanol–water partition coefficient (Wildman–Crippen LogP) is 4.21. The summed E-state index contributed by atoms with van der Waals surface area (Å²) in [5, 5.41) is 13.6. The second-order valence-corrected chi connectivity index (χ2v) is 9.10. The first kappa shape index (κ1) is 21.5. The van der Waals surface area contributed by atoms with E-state index in [0.29, 0.717) is 25.7 Å². The van der Waals surface area contributed by atoms with Crippen LogP contribution in [-0.4, -0.2) is 36.1 Å². The Morgan fingerprint density at radius 1 is 1.03 bits per heavy atom. The van der Waals surface area contributed by atoms with Gasteiger partial charge in [-0.25, -0.2) is 4.68 Å². The number of aromatic amines is 1. The highest BCUT2D eigenvalue weighted by molar-refractivity contribution is 5.81. The molecule has 0 amide bonds. The smallest absolute Gasteiger partial charge is 0.252 e. The number of nitrogens with zero attached hydrogens (tertiary/aromatic N) is 5. The van der Waals surface area contributed by atoms with Gasteiger partial charge in [-0.3, -0.25) is 9.69 Å². The minimum Gasteiger partial charge on any atom is -0.321 e. The Morgan fingerprint density at radius 2 is 1.85 bits per heavy atom. The Balaban J connectivity index is 1.43. The number of H-pyrrole nitrogens is 1. The predicted molar refractivity (Wildman–Crippen MR) is 129 cm³/mol. The first-order chi connectivity index (χ1) is 16.2. The van der Waals surface area contributed by atoms with Crippen LogP contribution in [0.25, 0.3) is 10.9 Å². The molecule has 0 atom stereocenters. The summed E-state index contributed by atoms with van der Waals surface area (Å²) >= 11 is 0. The number of hydrogen-bond donors (Lipinski definition) is 1. The molecule has 0 unspecified atom stereocenters. The Morgan fingerprint density at radius 3 is 2.67 bits per heavy atom. The van der Waals surface area contributed by atoms with Crippen LogP contribution in [0.1, 0.15) is 54.6 Å². The molecule has 2 aromatic carbocycles.